The molecule has 0 fully saturated rings. The number of rotatable bonds is 4. The van der Waals surface area contributed by atoms with Gasteiger partial charge in [0, 0.05) is 5.90 Å². The Morgan fingerprint density at radius 2 is 2.00 bits per heavy atom. The van der Waals surface area contributed by atoms with E-state index in [9.17, 15) is 5.11 Å². The van der Waals surface area contributed by atoms with Crippen LogP contribution in [0.15, 0.2) is 12.2 Å². The molecule has 0 aromatic carbocycles. The third kappa shape index (κ3) is 7.57. The average Bonchev–Trinajstić information content (AvgIpc) is 1.81. The maximum atomic E-state index is 10.4. The normalized spacial score (nSPS) is 11.2. The van der Waals surface area contributed by atoms with Gasteiger partial charge in [0.05, 0.1) is 20.6 Å². The first-order valence-corrected chi connectivity index (χ1v) is 3.65. The number of nitrogens with zero attached hydrogens (tertiary/aromatic N) is 1. The molecule has 12 heavy (non-hydrogen) atoms. The second kappa shape index (κ2) is 6.03. The number of quaternary nitrogens is 1. The molecule has 0 radical (unpaired) electrons. The van der Waals surface area contributed by atoms with Gasteiger partial charge in [-0.1, -0.05) is 6.08 Å². The highest BCUT2D eigenvalue weighted by molar-refractivity contribution is 5.85. The summed E-state index contributed by atoms with van der Waals surface area (Å²) in [5, 5.41) is 17.2. The zero-order valence-electron chi connectivity index (χ0n) is 7.83. The summed E-state index contributed by atoms with van der Waals surface area (Å²) < 4.78 is 0.562. The number of halogens is 1. The van der Waals surface area contributed by atoms with Crippen LogP contribution in [0.2, 0.25) is 0 Å². The summed E-state index contributed by atoms with van der Waals surface area (Å²) in [5.74, 6) is -0.500. The molecule has 0 amide bonds. The van der Waals surface area contributed by atoms with E-state index in [2.05, 4.69) is 0 Å². The van der Waals surface area contributed by atoms with E-state index in [1.54, 1.807) is 0 Å². The molecule has 1 N–H and O–H groups in total. The first kappa shape index (κ1) is 14.0. The lowest BCUT2D eigenvalue weighted by Gasteiger charge is -2.29. The average molecular weight is 193 g/mol. The zero-order valence-corrected chi connectivity index (χ0v) is 8.65. The van der Waals surface area contributed by atoms with Gasteiger partial charge in [0.1, 0.15) is 6.54 Å². The Bertz CT molecular complexity index is 166. The van der Waals surface area contributed by atoms with Crippen LogP contribution in [0.25, 0.3) is 0 Å². The molecule has 0 saturated heterocycles. The van der Waals surface area contributed by atoms with Gasteiger partial charge in [-0.25, -0.2) is 0 Å². The lowest BCUT2D eigenvalue weighted by atomic mass is 10.4. The van der Waals surface area contributed by atoms with Crippen molar-refractivity contribution in [1.82, 2.24) is 0 Å². The summed E-state index contributed by atoms with van der Waals surface area (Å²) in [6, 6.07) is 0. The maximum absolute atomic E-state index is 10.4. The fourth-order valence-electron chi connectivity index (χ4n) is 0.844. The zero-order chi connectivity index (χ0) is 8.91. The van der Waals surface area contributed by atoms with E-state index in [4.69, 9.17) is 5.41 Å². The summed E-state index contributed by atoms with van der Waals surface area (Å²) in [6.45, 7) is 3.04. The molecule has 0 spiro atoms. The minimum Gasteiger partial charge on any atom is -0.858 e. The van der Waals surface area contributed by atoms with Crippen LogP contribution in [0.3, 0.4) is 0 Å². The lowest BCUT2D eigenvalue weighted by molar-refractivity contribution is -0.877. The molecule has 72 valence electrons. The predicted octanol–water partition coefficient (Wildman–Crippen LogP) is 0.398. The van der Waals surface area contributed by atoms with E-state index in [-0.39, 0.29) is 19.0 Å². The van der Waals surface area contributed by atoms with Crippen molar-refractivity contribution >= 4 is 18.3 Å². The van der Waals surface area contributed by atoms with E-state index in [0.29, 0.717) is 4.48 Å². The van der Waals surface area contributed by atoms with Crippen LogP contribution >= 0.6 is 12.4 Å². The van der Waals surface area contributed by atoms with E-state index in [1.807, 2.05) is 33.2 Å². The first-order chi connectivity index (χ1) is 4.98. The smallest absolute Gasteiger partial charge is 0.107 e. The van der Waals surface area contributed by atoms with Crippen molar-refractivity contribution in [2.45, 2.75) is 6.92 Å². The molecule has 4 heteroatoms. The van der Waals surface area contributed by atoms with Gasteiger partial charge in [-0.05, 0) is 13.0 Å². The van der Waals surface area contributed by atoms with Crippen molar-refractivity contribution in [3.05, 3.63) is 12.2 Å². The van der Waals surface area contributed by atoms with Crippen molar-refractivity contribution in [2.24, 2.45) is 0 Å². The second-order valence-corrected chi connectivity index (χ2v) is 3.27. The fraction of sp³-hybridized carbons (Fsp3) is 0.625. The van der Waals surface area contributed by atoms with Crippen LogP contribution in [-0.4, -0.2) is 37.6 Å². The highest BCUT2D eigenvalue weighted by atomic mass is 35.5. The molecule has 0 unspecified atom stereocenters. The predicted molar refractivity (Wildman–Crippen MR) is 51.6 cm³/mol. The van der Waals surface area contributed by atoms with Gasteiger partial charge >= 0.3 is 0 Å². The Balaban J connectivity index is 0. The second-order valence-electron chi connectivity index (χ2n) is 3.27. The Labute approximate surface area is 80.2 Å². The Hall–Kier alpha value is -0.540. The molecule has 0 aliphatic carbocycles. The van der Waals surface area contributed by atoms with E-state index >= 15 is 0 Å². The molecular weight excluding hydrogens is 176 g/mol. The van der Waals surface area contributed by atoms with Crippen molar-refractivity contribution in [1.29, 1.82) is 5.41 Å². The Morgan fingerprint density at radius 1 is 1.50 bits per heavy atom. The van der Waals surface area contributed by atoms with Crippen molar-refractivity contribution in [3.8, 4) is 0 Å². The van der Waals surface area contributed by atoms with Crippen LogP contribution in [0.1, 0.15) is 6.92 Å². The largest absolute Gasteiger partial charge is 0.858 e. The lowest BCUT2D eigenvalue weighted by Crippen LogP contribution is -2.46. The summed E-state index contributed by atoms with van der Waals surface area (Å²) in [5.41, 5.74) is 0. The van der Waals surface area contributed by atoms with Crippen LogP contribution in [-0.2, 0) is 0 Å². The van der Waals surface area contributed by atoms with Gasteiger partial charge in [0.15, 0.2) is 0 Å². The SMILES string of the molecule is C/C=C/C[N+](C)(C)CC(=N)[O-].Cl. The Kier molecular flexibility index (Phi) is 7.04. The molecule has 0 aliphatic rings. The van der Waals surface area contributed by atoms with Crippen molar-refractivity contribution in [2.75, 3.05) is 27.2 Å². The fourth-order valence-corrected chi connectivity index (χ4v) is 0.844. The van der Waals surface area contributed by atoms with Crippen LogP contribution in [0.4, 0.5) is 0 Å². The number of hydrogen-bond donors (Lipinski definition) is 1. The molecule has 0 aromatic rings. The summed E-state index contributed by atoms with van der Waals surface area (Å²) in [6.07, 6.45) is 3.96. The molecule has 0 heterocycles. The van der Waals surface area contributed by atoms with Crippen LogP contribution < -0.4 is 5.11 Å². The maximum Gasteiger partial charge on any atom is 0.107 e. The van der Waals surface area contributed by atoms with E-state index in [0.717, 1.165) is 6.54 Å². The number of hydrogen-bond acceptors (Lipinski definition) is 2. The molecule has 0 aromatic heterocycles. The van der Waals surface area contributed by atoms with E-state index in [1.165, 1.54) is 0 Å². The number of nitrogens with one attached hydrogen (secondary N) is 1. The monoisotopic (exact) mass is 192 g/mol. The van der Waals surface area contributed by atoms with Crippen LogP contribution in [0.5, 0.6) is 0 Å². The molecule has 3 nitrogen and oxygen atoms in total. The van der Waals surface area contributed by atoms with Gasteiger partial charge in [-0.2, -0.15) is 0 Å². The van der Waals surface area contributed by atoms with Crippen molar-refractivity contribution in [3.63, 3.8) is 0 Å². The third-order valence-electron chi connectivity index (χ3n) is 1.41. The topological polar surface area (TPSA) is 46.9 Å². The van der Waals surface area contributed by atoms with Gasteiger partial charge in [-0.3, -0.25) is 0 Å². The molecule has 0 atom stereocenters. The summed E-state index contributed by atoms with van der Waals surface area (Å²) in [7, 11) is 3.87. The first-order valence-electron chi connectivity index (χ1n) is 3.65. The molecule has 0 aliphatic heterocycles. The van der Waals surface area contributed by atoms with Gasteiger partial charge in [-0.15, -0.1) is 12.4 Å². The third-order valence-corrected chi connectivity index (χ3v) is 1.41. The highest BCUT2D eigenvalue weighted by Gasteiger charge is 2.10. The minimum atomic E-state index is -0.500. The number of likely N-dealkylation sites (N-methyl/N-ethyl adjacent to an activating group) is 1. The van der Waals surface area contributed by atoms with Gasteiger partial charge in [0.25, 0.3) is 0 Å². The Morgan fingerprint density at radius 3 is 2.33 bits per heavy atom. The molecule has 0 saturated carbocycles. The van der Waals surface area contributed by atoms with Gasteiger partial charge in [0.2, 0.25) is 0 Å². The summed E-state index contributed by atoms with van der Waals surface area (Å²) >= 11 is 0. The highest BCUT2D eigenvalue weighted by Crippen LogP contribution is 1.95. The van der Waals surface area contributed by atoms with Gasteiger partial charge < -0.3 is 15.0 Å². The standard InChI is InChI=1S/C8H16N2O.ClH/c1-4-5-6-10(2,3)7-8(9)11;/h4-5H,6-7H2,1-3H3,(H-,9,11);1H/b5-4+;. The van der Waals surface area contributed by atoms with E-state index < -0.39 is 5.90 Å². The van der Waals surface area contributed by atoms with Crippen molar-refractivity contribution < 1.29 is 9.59 Å². The molecule has 0 bridgehead atoms. The molecule has 0 rings (SSSR count). The quantitative estimate of drug-likeness (QED) is 0.298. The molecular formula is C8H17ClN2O. The number of allylic oxidation sites excluding steroid dienone is 1. The summed E-state index contributed by atoms with van der Waals surface area (Å²) in [4.78, 5) is 0. The minimum absolute atomic E-state index is 0. The van der Waals surface area contributed by atoms with Crippen LogP contribution in [0, 0.1) is 5.41 Å².